The summed E-state index contributed by atoms with van der Waals surface area (Å²) in [5, 5.41) is 4.11. The summed E-state index contributed by atoms with van der Waals surface area (Å²) in [6.45, 7) is 5.81. The number of hydrogen-bond acceptors (Lipinski definition) is 7. The van der Waals surface area contributed by atoms with Crippen LogP contribution in [-0.2, 0) is 9.47 Å². The second kappa shape index (κ2) is 8.92. The normalized spacial score (nSPS) is 26.7. The van der Waals surface area contributed by atoms with Gasteiger partial charge in [-0.3, -0.25) is 4.57 Å². The molecule has 0 bridgehead atoms. The number of para-hydroxylation sites is 2. The molecule has 1 saturated heterocycles. The van der Waals surface area contributed by atoms with E-state index in [2.05, 4.69) is 34.1 Å². The topological polar surface area (TPSA) is 74.1 Å². The van der Waals surface area contributed by atoms with Crippen molar-refractivity contribution in [3.63, 3.8) is 0 Å². The molecule has 1 aliphatic heterocycles. The van der Waals surface area contributed by atoms with Crippen LogP contribution in [0.1, 0.15) is 51.8 Å². The van der Waals surface area contributed by atoms with E-state index in [1.54, 1.807) is 24.3 Å². The van der Waals surface area contributed by atoms with Crippen LogP contribution in [0.4, 0.5) is 14.6 Å². The minimum Gasteiger partial charge on any atom is -0.367 e. The summed E-state index contributed by atoms with van der Waals surface area (Å²) in [4.78, 5) is 13.4. The summed E-state index contributed by atoms with van der Waals surface area (Å²) in [6, 6.07) is 9.14. The predicted octanol–water partition coefficient (Wildman–Crippen LogP) is 5.84. The van der Waals surface area contributed by atoms with Crippen LogP contribution in [0.2, 0.25) is 0 Å². The summed E-state index contributed by atoms with van der Waals surface area (Å²) in [6.07, 6.45) is 3.02. The van der Waals surface area contributed by atoms with Crippen LogP contribution in [0, 0.1) is 17.3 Å². The molecule has 0 radical (unpaired) electrons. The van der Waals surface area contributed by atoms with Crippen LogP contribution in [0.15, 0.2) is 35.5 Å². The maximum absolute atomic E-state index is 13.9. The third-order valence-corrected chi connectivity index (χ3v) is 8.22. The molecule has 3 heterocycles. The van der Waals surface area contributed by atoms with Crippen molar-refractivity contribution in [2.75, 3.05) is 24.8 Å². The van der Waals surface area contributed by atoms with Crippen LogP contribution < -0.4 is 5.32 Å². The molecule has 10 heteroatoms. The van der Waals surface area contributed by atoms with Crippen molar-refractivity contribution < 1.29 is 18.3 Å². The predicted molar refractivity (Wildman–Crippen MR) is 135 cm³/mol. The van der Waals surface area contributed by atoms with Crippen molar-refractivity contribution in [3.05, 3.63) is 36.2 Å². The number of thioether (sulfide) groups is 1. The molecule has 192 valence electrons. The summed E-state index contributed by atoms with van der Waals surface area (Å²) < 4.78 is 41.8. The standard InChI is InChI=1S/C26H31F2N5O2S/c1-25(2)13-34-26(35-14-25)11-15-8-17(9-16(15)12-26)29-20-10-21(32-24(31-20)36-3)33-19-7-5-4-6-18(19)30-23(33)22(27)28/h4-7,10,15-17,22H,8-9,11-14H2,1-3H3,(H,29,31,32)/t15-,16+,17?. The number of imidazole rings is 1. The average Bonchev–Trinajstić information content (AvgIpc) is 3.50. The molecule has 2 aromatic heterocycles. The number of nitrogens with one attached hydrogen (secondary N) is 1. The molecule has 1 unspecified atom stereocenters. The van der Waals surface area contributed by atoms with Gasteiger partial charge in [-0.2, -0.15) is 0 Å². The lowest BCUT2D eigenvalue weighted by atomic mass is 9.94. The van der Waals surface area contributed by atoms with Crippen LogP contribution in [0.25, 0.3) is 16.9 Å². The smallest absolute Gasteiger partial charge is 0.296 e. The van der Waals surface area contributed by atoms with Gasteiger partial charge in [-0.1, -0.05) is 37.7 Å². The summed E-state index contributed by atoms with van der Waals surface area (Å²) in [7, 11) is 0. The van der Waals surface area contributed by atoms with E-state index in [0.29, 0.717) is 39.7 Å². The molecule has 2 saturated carbocycles. The molecular weight excluding hydrogens is 484 g/mol. The molecule has 0 amide bonds. The number of anilines is 1. The van der Waals surface area contributed by atoms with Crippen molar-refractivity contribution in [1.29, 1.82) is 0 Å². The van der Waals surface area contributed by atoms with Gasteiger partial charge >= 0.3 is 0 Å². The quantitative estimate of drug-likeness (QED) is 0.338. The zero-order valence-electron chi connectivity index (χ0n) is 20.7. The molecule has 36 heavy (non-hydrogen) atoms. The van der Waals surface area contributed by atoms with E-state index in [-0.39, 0.29) is 17.3 Å². The second-order valence-electron chi connectivity index (χ2n) is 11.1. The number of ether oxygens (including phenoxy) is 2. The maximum Gasteiger partial charge on any atom is 0.296 e. The van der Waals surface area contributed by atoms with Crippen molar-refractivity contribution in [3.8, 4) is 5.82 Å². The van der Waals surface area contributed by atoms with Gasteiger partial charge in [-0.15, -0.1) is 0 Å². The Balaban J connectivity index is 1.22. The van der Waals surface area contributed by atoms with E-state index in [1.165, 1.54) is 16.3 Å². The highest BCUT2D eigenvalue weighted by atomic mass is 32.2. The van der Waals surface area contributed by atoms with Gasteiger partial charge in [-0.05, 0) is 43.1 Å². The molecule has 2 aliphatic carbocycles. The molecular formula is C26H31F2N5O2S. The minimum atomic E-state index is -2.72. The highest BCUT2D eigenvalue weighted by Gasteiger charge is 2.53. The molecule has 1 N–H and O–H groups in total. The van der Waals surface area contributed by atoms with E-state index in [9.17, 15) is 8.78 Å². The fraction of sp³-hybridized carbons (Fsp3) is 0.577. The van der Waals surface area contributed by atoms with Gasteiger partial charge in [0, 0.05) is 30.4 Å². The number of alkyl halides is 2. The number of nitrogens with zero attached hydrogens (tertiary/aromatic N) is 4. The lowest BCUT2D eigenvalue weighted by Gasteiger charge is -2.42. The first-order valence-electron chi connectivity index (χ1n) is 12.5. The van der Waals surface area contributed by atoms with Gasteiger partial charge in [0.15, 0.2) is 16.8 Å². The first-order valence-corrected chi connectivity index (χ1v) is 13.7. The van der Waals surface area contributed by atoms with E-state index >= 15 is 0 Å². The molecule has 1 aromatic carbocycles. The number of rotatable bonds is 5. The highest BCUT2D eigenvalue weighted by Crippen LogP contribution is 2.53. The number of halogens is 2. The Hall–Kier alpha value is -2.30. The summed E-state index contributed by atoms with van der Waals surface area (Å²) >= 11 is 1.39. The van der Waals surface area contributed by atoms with Gasteiger partial charge < -0.3 is 14.8 Å². The Kier molecular flexibility index (Phi) is 5.96. The first-order chi connectivity index (χ1) is 17.2. The fourth-order valence-electron chi connectivity index (χ4n) is 6.02. The van der Waals surface area contributed by atoms with Crippen molar-refractivity contribution in [2.45, 2.75) is 62.9 Å². The van der Waals surface area contributed by atoms with Gasteiger partial charge in [0.1, 0.15) is 11.6 Å². The second-order valence-corrected chi connectivity index (χ2v) is 11.9. The summed E-state index contributed by atoms with van der Waals surface area (Å²) in [5.41, 5.74) is 1.18. The third kappa shape index (κ3) is 4.37. The van der Waals surface area contributed by atoms with Crippen molar-refractivity contribution >= 4 is 28.6 Å². The zero-order valence-corrected chi connectivity index (χ0v) is 21.5. The van der Waals surface area contributed by atoms with Crippen LogP contribution in [-0.4, -0.2) is 50.8 Å². The summed E-state index contributed by atoms with van der Waals surface area (Å²) in [5.74, 6) is 1.38. The first kappa shape index (κ1) is 24.1. The lowest BCUT2D eigenvalue weighted by Crippen LogP contribution is -2.46. The Bertz CT molecular complexity index is 1260. The monoisotopic (exact) mass is 515 g/mol. The van der Waals surface area contributed by atoms with E-state index in [0.717, 1.165) is 38.9 Å². The van der Waals surface area contributed by atoms with E-state index < -0.39 is 12.2 Å². The third-order valence-electron chi connectivity index (χ3n) is 7.68. The molecule has 3 aliphatic rings. The lowest BCUT2D eigenvalue weighted by molar-refractivity contribution is -0.297. The van der Waals surface area contributed by atoms with Gasteiger partial charge in [0.25, 0.3) is 6.43 Å². The van der Waals surface area contributed by atoms with Crippen LogP contribution in [0.5, 0.6) is 0 Å². The molecule has 7 nitrogen and oxygen atoms in total. The molecule has 3 aromatic rings. The minimum absolute atomic E-state index is 0.0670. The fourth-order valence-corrected chi connectivity index (χ4v) is 6.39. The molecule has 3 atom stereocenters. The number of fused-ring (bicyclic) bond motifs is 2. The largest absolute Gasteiger partial charge is 0.367 e. The van der Waals surface area contributed by atoms with Crippen LogP contribution in [0.3, 0.4) is 0 Å². The number of aromatic nitrogens is 4. The zero-order chi connectivity index (χ0) is 25.1. The number of hydrogen-bond donors (Lipinski definition) is 1. The van der Waals surface area contributed by atoms with Crippen molar-refractivity contribution in [2.24, 2.45) is 17.3 Å². The SMILES string of the molecule is CSc1nc(NC2C[C@@H]3CC4(C[C@@H]3C2)OCC(C)(C)CO4)cc(-n2c(C(F)F)nc3ccccc32)n1. The number of benzene rings is 1. The van der Waals surface area contributed by atoms with Crippen LogP contribution >= 0.6 is 11.8 Å². The van der Waals surface area contributed by atoms with Crippen molar-refractivity contribution in [1.82, 2.24) is 19.5 Å². The molecule has 3 fully saturated rings. The van der Waals surface area contributed by atoms with E-state index in [1.807, 2.05) is 12.3 Å². The Morgan fingerprint density at radius 2 is 1.75 bits per heavy atom. The van der Waals surface area contributed by atoms with Gasteiger partial charge in [0.05, 0.1) is 24.2 Å². The Morgan fingerprint density at radius 3 is 2.42 bits per heavy atom. The molecule has 1 spiro atoms. The Labute approximate surface area is 213 Å². The highest BCUT2D eigenvalue weighted by molar-refractivity contribution is 7.98. The Morgan fingerprint density at radius 1 is 1.06 bits per heavy atom. The maximum atomic E-state index is 13.9. The average molecular weight is 516 g/mol. The van der Waals surface area contributed by atoms with Gasteiger partial charge in [-0.25, -0.2) is 23.7 Å². The van der Waals surface area contributed by atoms with Gasteiger partial charge in [0.2, 0.25) is 0 Å². The molecule has 6 rings (SSSR count). The van der Waals surface area contributed by atoms with E-state index in [4.69, 9.17) is 9.47 Å².